The second-order valence-electron chi connectivity index (χ2n) is 8.74. The Bertz CT molecular complexity index is 519. The van der Waals surface area contributed by atoms with E-state index in [9.17, 15) is 9.59 Å². The minimum atomic E-state index is -0.158. The van der Waals surface area contributed by atoms with Crippen molar-refractivity contribution in [2.24, 2.45) is 28.6 Å². The van der Waals surface area contributed by atoms with E-state index in [0.29, 0.717) is 23.9 Å². The van der Waals surface area contributed by atoms with Crippen LogP contribution in [0.4, 0.5) is 0 Å². The molecule has 0 aromatic heterocycles. The van der Waals surface area contributed by atoms with E-state index in [1.165, 1.54) is 32.0 Å². The van der Waals surface area contributed by atoms with Crippen molar-refractivity contribution in [3.8, 4) is 0 Å². The molecule has 0 aromatic rings. The highest BCUT2D eigenvalue weighted by Crippen LogP contribution is 2.61. The van der Waals surface area contributed by atoms with Gasteiger partial charge in [0.1, 0.15) is 6.29 Å². The Balaban J connectivity index is 1.87. The van der Waals surface area contributed by atoms with Crippen LogP contribution < -0.4 is 0 Å². The molecule has 3 nitrogen and oxygen atoms in total. The summed E-state index contributed by atoms with van der Waals surface area (Å²) in [4.78, 5) is 23.4. The highest BCUT2D eigenvalue weighted by atomic mass is 16.5. The second kappa shape index (κ2) is 6.07. The number of hydrogen-bond donors (Lipinski definition) is 0. The maximum absolute atomic E-state index is 11.7. The number of cyclic esters (lactones) is 1. The molecule has 0 aromatic carbocycles. The molecule has 128 valence electrons. The normalized spacial score (nSPS) is 41.4. The van der Waals surface area contributed by atoms with Gasteiger partial charge in [0.05, 0.1) is 6.61 Å². The summed E-state index contributed by atoms with van der Waals surface area (Å²) in [5, 5.41) is 0. The third-order valence-electron chi connectivity index (χ3n) is 7.09. The molecule has 3 aliphatic rings. The van der Waals surface area contributed by atoms with Gasteiger partial charge in [-0.2, -0.15) is 0 Å². The topological polar surface area (TPSA) is 43.4 Å². The summed E-state index contributed by atoms with van der Waals surface area (Å²) in [7, 11) is 0. The van der Waals surface area contributed by atoms with Gasteiger partial charge in [-0.05, 0) is 54.8 Å². The smallest absolute Gasteiger partial charge is 0.333 e. The molecule has 2 aliphatic carbocycles. The molecule has 0 unspecified atom stereocenters. The first-order valence-electron chi connectivity index (χ1n) is 9.20. The molecule has 0 amide bonds. The summed E-state index contributed by atoms with van der Waals surface area (Å²) < 4.78 is 5.05. The van der Waals surface area contributed by atoms with E-state index < -0.39 is 0 Å². The fourth-order valence-electron chi connectivity index (χ4n) is 5.89. The predicted molar refractivity (Wildman–Crippen MR) is 89.8 cm³/mol. The fourth-order valence-corrected chi connectivity index (χ4v) is 5.89. The third-order valence-corrected chi connectivity index (χ3v) is 7.09. The van der Waals surface area contributed by atoms with Gasteiger partial charge in [-0.15, -0.1) is 0 Å². The largest absolute Gasteiger partial charge is 0.462 e. The molecule has 3 rings (SSSR count). The molecule has 0 spiro atoms. The number of ether oxygens (including phenoxy) is 1. The van der Waals surface area contributed by atoms with Gasteiger partial charge < -0.3 is 9.53 Å². The van der Waals surface area contributed by atoms with Crippen molar-refractivity contribution in [2.75, 3.05) is 6.61 Å². The van der Waals surface area contributed by atoms with E-state index >= 15 is 0 Å². The summed E-state index contributed by atoms with van der Waals surface area (Å²) in [5.74, 6) is 1.02. The Hall–Kier alpha value is -1.12. The number of hydrogen-bond acceptors (Lipinski definition) is 3. The molecule has 1 saturated heterocycles. The summed E-state index contributed by atoms with van der Waals surface area (Å²) in [6.07, 6.45) is 10.8. The molecule has 4 atom stereocenters. The van der Waals surface area contributed by atoms with Gasteiger partial charge in [0.15, 0.2) is 0 Å². The van der Waals surface area contributed by atoms with Gasteiger partial charge >= 0.3 is 5.97 Å². The zero-order valence-corrected chi connectivity index (χ0v) is 14.8. The van der Waals surface area contributed by atoms with Crippen LogP contribution >= 0.6 is 0 Å². The van der Waals surface area contributed by atoms with Crippen LogP contribution in [0.2, 0.25) is 0 Å². The number of fused-ring (bicyclic) bond motifs is 1. The van der Waals surface area contributed by atoms with Crippen LogP contribution in [0.15, 0.2) is 11.6 Å². The first kappa shape index (κ1) is 16.7. The molecule has 0 bridgehead atoms. The number of aldehydes is 1. The van der Waals surface area contributed by atoms with E-state index in [-0.39, 0.29) is 17.3 Å². The monoisotopic (exact) mass is 318 g/mol. The first-order valence-corrected chi connectivity index (χ1v) is 9.20. The summed E-state index contributed by atoms with van der Waals surface area (Å²) in [6.45, 7) is 7.73. The van der Waals surface area contributed by atoms with Crippen LogP contribution in [0.5, 0.6) is 0 Å². The van der Waals surface area contributed by atoms with Gasteiger partial charge in [0, 0.05) is 17.9 Å². The van der Waals surface area contributed by atoms with Crippen molar-refractivity contribution in [1.82, 2.24) is 0 Å². The van der Waals surface area contributed by atoms with Crippen LogP contribution in [0.25, 0.3) is 0 Å². The van der Waals surface area contributed by atoms with Crippen LogP contribution in [-0.4, -0.2) is 18.9 Å². The molecule has 2 saturated carbocycles. The van der Waals surface area contributed by atoms with Gasteiger partial charge in [0.2, 0.25) is 0 Å². The lowest BCUT2D eigenvalue weighted by Gasteiger charge is -2.58. The highest BCUT2D eigenvalue weighted by molar-refractivity contribution is 5.90. The molecule has 0 N–H and O–H groups in total. The summed E-state index contributed by atoms with van der Waals surface area (Å²) >= 11 is 0. The Kier molecular flexibility index (Phi) is 4.41. The lowest BCUT2D eigenvalue weighted by atomic mass is 9.46. The SMILES string of the molecule is CC1(C)CCC[C@]2(C)[C@@H](C/C=C3\CCOC3=O)[C@@H](C=O)CC[C@@H]12. The molecule has 23 heavy (non-hydrogen) atoms. The van der Waals surface area contributed by atoms with Crippen LogP contribution in [0.1, 0.15) is 65.7 Å². The lowest BCUT2D eigenvalue weighted by molar-refractivity contribution is -0.135. The average Bonchev–Trinajstić information content (AvgIpc) is 2.89. The Morgan fingerprint density at radius 1 is 1.22 bits per heavy atom. The number of carbonyl (C=O) groups excluding carboxylic acids is 2. The molecule has 1 aliphatic heterocycles. The van der Waals surface area contributed by atoms with Crippen molar-refractivity contribution in [1.29, 1.82) is 0 Å². The van der Waals surface area contributed by atoms with Gasteiger partial charge in [-0.25, -0.2) is 4.79 Å². The average molecular weight is 318 g/mol. The molecule has 3 fully saturated rings. The van der Waals surface area contributed by atoms with Crippen LogP contribution in [0, 0.1) is 28.6 Å². The minimum absolute atomic E-state index is 0.138. The van der Waals surface area contributed by atoms with E-state index in [0.717, 1.165) is 24.8 Å². The van der Waals surface area contributed by atoms with Crippen LogP contribution in [0.3, 0.4) is 0 Å². The standard InChI is InChI=1S/C20H30O3/c1-19(2)10-4-11-20(3)16(15(13-21)6-8-17(19)20)7-5-14-9-12-23-18(14)22/h5,13,15-17H,4,6-12H2,1-3H3/b14-5+/t15-,16+,17+,20-/m1/s1. The quantitative estimate of drug-likeness (QED) is 0.442. The number of allylic oxidation sites excluding steroid dienone is 1. The van der Waals surface area contributed by atoms with E-state index in [1.807, 2.05) is 0 Å². The third kappa shape index (κ3) is 2.88. The molecular formula is C20H30O3. The number of rotatable bonds is 3. The maximum atomic E-state index is 11.7. The minimum Gasteiger partial charge on any atom is -0.462 e. The first-order chi connectivity index (χ1) is 10.9. The zero-order valence-electron chi connectivity index (χ0n) is 14.8. The zero-order chi connectivity index (χ0) is 16.7. The molecule has 3 heteroatoms. The molecule has 0 radical (unpaired) electrons. The lowest BCUT2D eigenvalue weighted by Crippen LogP contribution is -2.51. The fraction of sp³-hybridized carbons (Fsp3) is 0.800. The van der Waals surface area contributed by atoms with Crippen molar-refractivity contribution in [3.05, 3.63) is 11.6 Å². The van der Waals surface area contributed by atoms with Gasteiger partial charge in [-0.3, -0.25) is 0 Å². The molecule has 1 heterocycles. The summed E-state index contributed by atoms with van der Waals surface area (Å²) in [5.41, 5.74) is 1.39. The van der Waals surface area contributed by atoms with Crippen molar-refractivity contribution in [2.45, 2.75) is 65.7 Å². The highest BCUT2D eigenvalue weighted by Gasteiger charge is 2.54. The van der Waals surface area contributed by atoms with E-state index in [2.05, 4.69) is 26.8 Å². The predicted octanol–water partition coefficient (Wildman–Crippen LogP) is 4.31. The van der Waals surface area contributed by atoms with Crippen molar-refractivity contribution >= 4 is 12.3 Å². The van der Waals surface area contributed by atoms with Crippen molar-refractivity contribution in [3.63, 3.8) is 0 Å². The van der Waals surface area contributed by atoms with E-state index in [4.69, 9.17) is 4.74 Å². The Morgan fingerprint density at radius 2 is 2.00 bits per heavy atom. The van der Waals surface area contributed by atoms with Crippen LogP contribution in [-0.2, 0) is 14.3 Å². The molecular weight excluding hydrogens is 288 g/mol. The van der Waals surface area contributed by atoms with Gasteiger partial charge in [-0.1, -0.05) is 33.3 Å². The van der Waals surface area contributed by atoms with Crippen molar-refractivity contribution < 1.29 is 14.3 Å². The number of esters is 1. The van der Waals surface area contributed by atoms with Gasteiger partial charge in [0.25, 0.3) is 0 Å². The summed E-state index contributed by atoms with van der Waals surface area (Å²) in [6, 6.07) is 0. The second-order valence-corrected chi connectivity index (χ2v) is 8.74. The Morgan fingerprint density at radius 3 is 2.65 bits per heavy atom. The van der Waals surface area contributed by atoms with E-state index in [1.54, 1.807) is 0 Å². The number of carbonyl (C=O) groups is 2. The maximum Gasteiger partial charge on any atom is 0.333 e. The Labute approximate surface area is 139 Å².